The first kappa shape index (κ1) is 25.9. The van der Waals surface area contributed by atoms with Crippen LogP contribution in [0.25, 0.3) is 16.9 Å². The summed E-state index contributed by atoms with van der Waals surface area (Å²) in [6.45, 7) is 6.43. The van der Waals surface area contributed by atoms with Crippen LogP contribution in [0.1, 0.15) is 27.0 Å². The monoisotopic (exact) mass is 496 g/mol. The van der Waals surface area contributed by atoms with Gasteiger partial charge in [-0.15, -0.1) is 0 Å². The third kappa shape index (κ3) is 6.13. The molecule has 0 atom stereocenters. The molecule has 0 saturated heterocycles. The highest BCUT2D eigenvalue weighted by molar-refractivity contribution is 6.03. The standard InChI is InChI=1S/C30H32N4O3/c1-21-13-15-24(16-14-21)29-26(19-34(32-29)25-10-6-5-7-11-25)30(36)33(17-18-37-4)20-28(35)31-27-12-8-9-22(2)23(27)3/h5-16,19H,17-18,20H2,1-4H3,(H,31,35). The lowest BCUT2D eigenvalue weighted by molar-refractivity contribution is -0.117. The molecule has 7 heteroatoms. The second kappa shape index (κ2) is 11.7. The molecule has 7 nitrogen and oxygen atoms in total. The zero-order valence-corrected chi connectivity index (χ0v) is 21.7. The number of rotatable bonds is 9. The van der Waals surface area contributed by atoms with Gasteiger partial charge in [-0.25, -0.2) is 4.68 Å². The van der Waals surface area contributed by atoms with E-state index in [2.05, 4.69) is 5.32 Å². The summed E-state index contributed by atoms with van der Waals surface area (Å²) in [5.74, 6) is -0.559. The Balaban J connectivity index is 1.67. The molecule has 0 aliphatic heterocycles. The van der Waals surface area contributed by atoms with Crippen LogP contribution in [0.3, 0.4) is 0 Å². The van der Waals surface area contributed by atoms with Crippen molar-refractivity contribution in [2.24, 2.45) is 0 Å². The van der Waals surface area contributed by atoms with Crippen LogP contribution in [0.2, 0.25) is 0 Å². The lowest BCUT2D eigenvalue weighted by Gasteiger charge is -2.22. The Hall–Kier alpha value is -4.23. The summed E-state index contributed by atoms with van der Waals surface area (Å²) in [5.41, 5.74) is 6.58. The van der Waals surface area contributed by atoms with E-state index in [1.165, 1.54) is 4.90 Å². The molecule has 0 bridgehead atoms. The quantitative estimate of drug-likeness (QED) is 0.346. The molecule has 0 spiro atoms. The number of benzene rings is 3. The molecule has 0 fully saturated rings. The molecule has 0 saturated carbocycles. The van der Waals surface area contributed by atoms with Crippen molar-refractivity contribution in [3.8, 4) is 16.9 Å². The first-order valence-corrected chi connectivity index (χ1v) is 12.2. The predicted molar refractivity (Wildman–Crippen MR) is 146 cm³/mol. The first-order valence-electron chi connectivity index (χ1n) is 12.2. The molecule has 4 rings (SSSR count). The van der Waals surface area contributed by atoms with Crippen LogP contribution in [-0.4, -0.2) is 53.3 Å². The van der Waals surface area contributed by atoms with E-state index >= 15 is 0 Å². The molecule has 3 aromatic carbocycles. The van der Waals surface area contributed by atoms with Gasteiger partial charge < -0.3 is 15.0 Å². The van der Waals surface area contributed by atoms with E-state index in [4.69, 9.17) is 9.84 Å². The minimum absolute atomic E-state index is 0.112. The summed E-state index contributed by atoms with van der Waals surface area (Å²) < 4.78 is 6.95. The number of nitrogens with one attached hydrogen (secondary N) is 1. The van der Waals surface area contributed by atoms with Crippen molar-refractivity contribution in [1.29, 1.82) is 0 Å². The van der Waals surface area contributed by atoms with Crippen LogP contribution < -0.4 is 5.32 Å². The Morgan fingerprint density at radius 3 is 2.38 bits per heavy atom. The van der Waals surface area contributed by atoms with Crippen molar-refractivity contribution < 1.29 is 14.3 Å². The van der Waals surface area contributed by atoms with Gasteiger partial charge >= 0.3 is 0 Å². The van der Waals surface area contributed by atoms with Gasteiger partial charge in [-0.3, -0.25) is 9.59 Å². The fourth-order valence-corrected chi connectivity index (χ4v) is 4.04. The van der Waals surface area contributed by atoms with E-state index in [1.54, 1.807) is 18.0 Å². The number of anilines is 1. The molecule has 4 aromatic rings. The second-order valence-electron chi connectivity index (χ2n) is 9.05. The Kier molecular flexibility index (Phi) is 8.15. The number of methoxy groups -OCH3 is 1. The largest absolute Gasteiger partial charge is 0.383 e. The number of aryl methyl sites for hydroxylation is 2. The van der Waals surface area contributed by atoms with E-state index in [0.29, 0.717) is 17.9 Å². The van der Waals surface area contributed by atoms with Gasteiger partial charge in [-0.05, 0) is 50.1 Å². The molecule has 0 radical (unpaired) electrons. The van der Waals surface area contributed by atoms with E-state index in [9.17, 15) is 9.59 Å². The van der Waals surface area contributed by atoms with Crippen LogP contribution in [0, 0.1) is 20.8 Å². The highest BCUT2D eigenvalue weighted by Gasteiger charge is 2.25. The first-order chi connectivity index (χ1) is 17.9. The van der Waals surface area contributed by atoms with Gasteiger partial charge in [0, 0.05) is 31.1 Å². The maximum atomic E-state index is 13.9. The normalized spacial score (nSPS) is 10.8. The lowest BCUT2D eigenvalue weighted by Crippen LogP contribution is -2.40. The Morgan fingerprint density at radius 1 is 0.946 bits per heavy atom. The molecule has 37 heavy (non-hydrogen) atoms. The van der Waals surface area contributed by atoms with Gasteiger partial charge in [-0.1, -0.05) is 60.2 Å². The molecular weight excluding hydrogens is 464 g/mol. The van der Waals surface area contributed by atoms with Gasteiger partial charge in [0.05, 0.1) is 17.9 Å². The number of hydrogen-bond acceptors (Lipinski definition) is 4. The summed E-state index contributed by atoms with van der Waals surface area (Å²) in [5, 5.41) is 7.72. The third-order valence-electron chi connectivity index (χ3n) is 6.36. The highest BCUT2D eigenvalue weighted by atomic mass is 16.5. The van der Waals surface area contributed by atoms with E-state index in [0.717, 1.165) is 33.6 Å². The fourth-order valence-electron chi connectivity index (χ4n) is 4.04. The van der Waals surface area contributed by atoms with Crippen molar-refractivity contribution in [3.63, 3.8) is 0 Å². The van der Waals surface area contributed by atoms with Crippen LogP contribution in [0.15, 0.2) is 79.0 Å². The van der Waals surface area contributed by atoms with E-state index < -0.39 is 0 Å². The Bertz CT molecular complexity index is 1380. The summed E-state index contributed by atoms with van der Waals surface area (Å²) in [4.78, 5) is 28.4. The average molecular weight is 497 g/mol. The smallest absolute Gasteiger partial charge is 0.258 e. The number of nitrogens with zero attached hydrogens (tertiary/aromatic N) is 3. The molecule has 0 unspecified atom stereocenters. The van der Waals surface area contributed by atoms with Crippen LogP contribution in [0.5, 0.6) is 0 Å². The van der Waals surface area contributed by atoms with Crippen molar-refractivity contribution in [2.45, 2.75) is 20.8 Å². The maximum absolute atomic E-state index is 13.9. The van der Waals surface area contributed by atoms with Gasteiger partial charge in [0.25, 0.3) is 5.91 Å². The Labute approximate surface area is 217 Å². The molecular formula is C30H32N4O3. The molecule has 0 aliphatic carbocycles. The second-order valence-corrected chi connectivity index (χ2v) is 9.05. The SMILES string of the molecule is COCCN(CC(=O)Nc1cccc(C)c1C)C(=O)c1cn(-c2ccccc2)nc1-c1ccc(C)cc1. The number of hydrogen-bond donors (Lipinski definition) is 1. The number of carbonyl (C=O) groups is 2. The number of ether oxygens (including phenoxy) is 1. The van der Waals surface area contributed by atoms with Crippen molar-refractivity contribution in [1.82, 2.24) is 14.7 Å². The van der Waals surface area contributed by atoms with E-state index in [-0.39, 0.29) is 24.9 Å². The van der Waals surface area contributed by atoms with E-state index in [1.807, 2.05) is 93.6 Å². The van der Waals surface area contributed by atoms with Gasteiger partial charge in [0.15, 0.2) is 0 Å². The van der Waals surface area contributed by atoms with Gasteiger partial charge in [0.2, 0.25) is 5.91 Å². The van der Waals surface area contributed by atoms with Crippen molar-refractivity contribution in [3.05, 3.63) is 101 Å². The molecule has 0 aliphatic rings. The minimum atomic E-state index is -0.286. The molecule has 1 N–H and O–H groups in total. The molecule has 1 heterocycles. The summed E-state index contributed by atoms with van der Waals surface area (Å²) >= 11 is 0. The number of carbonyl (C=O) groups excluding carboxylic acids is 2. The highest BCUT2D eigenvalue weighted by Crippen LogP contribution is 2.26. The Morgan fingerprint density at radius 2 is 1.68 bits per heavy atom. The zero-order chi connectivity index (χ0) is 26.4. The van der Waals surface area contributed by atoms with Crippen LogP contribution in [-0.2, 0) is 9.53 Å². The number of amides is 2. The summed E-state index contributed by atoms with van der Waals surface area (Å²) in [6, 6.07) is 23.3. The molecule has 2 amide bonds. The molecule has 190 valence electrons. The number of para-hydroxylation sites is 1. The summed E-state index contributed by atoms with van der Waals surface area (Å²) in [7, 11) is 1.57. The van der Waals surface area contributed by atoms with Crippen molar-refractivity contribution in [2.75, 3.05) is 32.1 Å². The molecule has 1 aromatic heterocycles. The predicted octanol–water partition coefficient (Wildman–Crippen LogP) is 5.19. The number of aromatic nitrogens is 2. The zero-order valence-electron chi connectivity index (χ0n) is 21.7. The van der Waals surface area contributed by atoms with Gasteiger partial charge in [0.1, 0.15) is 12.2 Å². The van der Waals surface area contributed by atoms with Crippen LogP contribution in [0.4, 0.5) is 5.69 Å². The summed E-state index contributed by atoms with van der Waals surface area (Å²) in [6.07, 6.45) is 1.73. The third-order valence-corrected chi connectivity index (χ3v) is 6.36. The fraction of sp³-hybridized carbons (Fsp3) is 0.233. The maximum Gasteiger partial charge on any atom is 0.258 e. The average Bonchev–Trinajstić information content (AvgIpc) is 3.35. The van der Waals surface area contributed by atoms with Crippen LogP contribution >= 0.6 is 0 Å². The van der Waals surface area contributed by atoms with Crippen molar-refractivity contribution >= 4 is 17.5 Å². The lowest BCUT2D eigenvalue weighted by atomic mass is 10.1. The minimum Gasteiger partial charge on any atom is -0.383 e. The van der Waals surface area contributed by atoms with Gasteiger partial charge in [-0.2, -0.15) is 5.10 Å². The topological polar surface area (TPSA) is 76.5 Å².